The maximum atomic E-state index is 13.3. The molecule has 1 aliphatic heterocycles. The summed E-state index contributed by atoms with van der Waals surface area (Å²) in [5.74, 6) is 0.172. The number of alkyl halides is 1. The van der Waals surface area contributed by atoms with E-state index >= 15 is 0 Å². The maximum Gasteiger partial charge on any atom is 0.127 e. The standard InChI is InChI=1S/C9H18FNO/c1-2-12-7-9(10)8-4-3-5-11-6-8/h8-9,11H,2-7H2,1H3. The van der Waals surface area contributed by atoms with Gasteiger partial charge in [0.15, 0.2) is 0 Å². The Hall–Kier alpha value is -0.150. The second kappa shape index (κ2) is 5.49. The Morgan fingerprint density at radius 3 is 3.08 bits per heavy atom. The first kappa shape index (κ1) is 9.93. The third kappa shape index (κ3) is 3.07. The van der Waals surface area contributed by atoms with Crippen LogP contribution in [0.5, 0.6) is 0 Å². The minimum atomic E-state index is -0.780. The third-order valence-electron chi connectivity index (χ3n) is 2.33. The zero-order valence-corrected chi connectivity index (χ0v) is 7.68. The van der Waals surface area contributed by atoms with Crippen LogP contribution in [0.4, 0.5) is 4.39 Å². The third-order valence-corrected chi connectivity index (χ3v) is 2.33. The quantitative estimate of drug-likeness (QED) is 0.696. The van der Waals surface area contributed by atoms with Gasteiger partial charge in [-0.2, -0.15) is 0 Å². The Morgan fingerprint density at radius 2 is 2.50 bits per heavy atom. The summed E-state index contributed by atoms with van der Waals surface area (Å²) in [5, 5.41) is 3.20. The Kier molecular flexibility index (Phi) is 4.54. The van der Waals surface area contributed by atoms with E-state index in [-0.39, 0.29) is 12.5 Å². The van der Waals surface area contributed by atoms with Crippen molar-refractivity contribution in [3.63, 3.8) is 0 Å². The lowest BCUT2D eigenvalue weighted by Crippen LogP contribution is -2.36. The Labute approximate surface area is 73.5 Å². The van der Waals surface area contributed by atoms with Gasteiger partial charge in [-0.3, -0.25) is 0 Å². The highest BCUT2D eigenvalue weighted by Gasteiger charge is 2.22. The van der Waals surface area contributed by atoms with Crippen LogP contribution < -0.4 is 5.32 Å². The van der Waals surface area contributed by atoms with Gasteiger partial charge >= 0.3 is 0 Å². The van der Waals surface area contributed by atoms with Crippen molar-refractivity contribution in [2.24, 2.45) is 5.92 Å². The van der Waals surface area contributed by atoms with Crippen molar-refractivity contribution in [2.75, 3.05) is 26.3 Å². The highest BCUT2D eigenvalue weighted by atomic mass is 19.1. The van der Waals surface area contributed by atoms with Crippen LogP contribution in [0.1, 0.15) is 19.8 Å². The molecular formula is C9H18FNO. The smallest absolute Gasteiger partial charge is 0.127 e. The summed E-state index contributed by atoms with van der Waals surface area (Å²) in [6.45, 7) is 4.63. The van der Waals surface area contributed by atoms with Crippen LogP contribution in [0, 0.1) is 5.92 Å². The van der Waals surface area contributed by atoms with E-state index in [9.17, 15) is 4.39 Å². The van der Waals surface area contributed by atoms with Gasteiger partial charge in [0, 0.05) is 19.1 Å². The fourth-order valence-electron chi connectivity index (χ4n) is 1.55. The van der Waals surface area contributed by atoms with E-state index in [0.29, 0.717) is 6.61 Å². The number of nitrogens with one attached hydrogen (secondary N) is 1. The number of rotatable bonds is 4. The molecule has 1 fully saturated rings. The number of hydrogen-bond donors (Lipinski definition) is 1. The molecule has 2 atom stereocenters. The molecule has 0 amide bonds. The zero-order valence-electron chi connectivity index (χ0n) is 7.68. The highest BCUT2D eigenvalue weighted by Crippen LogP contribution is 2.17. The van der Waals surface area contributed by atoms with Crippen LogP contribution in [0.15, 0.2) is 0 Å². The lowest BCUT2D eigenvalue weighted by molar-refractivity contribution is 0.0543. The van der Waals surface area contributed by atoms with E-state index in [1.807, 2.05) is 6.92 Å². The van der Waals surface area contributed by atoms with Crippen LogP contribution >= 0.6 is 0 Å². The molecule has 2 nitrogen and oxygen atoms in total. The van der Waals surface area contributed by atoms with Crippen molar-refractivity contribution in [1.82, 2.24) is 5.32 Å². The molecule has 12 heavy (non-hydrogen) atoms. The average Bonchev–Trinajstić information content (AvgIpc) is 2.15. The average molecular weight is 175 g/mol. The van der Waals surface area contributed by atoms with Crippen LogP contribution in [0.25, 0.3) is 0 Å². The highest BCUT2D eigenvalue weighted by molar-refractivity contribution is 4.75. The van der Waals surface area contributed by atoms with Gasteiger partial charge in [-0.15, -0.1) is 0 Å². The summed E-state index contributed by atoms with van der Waals surface area (Å²) in [5.41, 5.74) is 0. The number of piperidine rings is 1. The van der Waals surface area contributed by atoms with Crippen LogP contribution in [0.3, 0.4) is 0 Å². The first-order chi connectivity index (χ1) is 5.84. The lowest BCUT2D eigenvalue weighted by Gasteiger charge is -2.25. The van der Waals surface area contributed by atoms with Gasteiger partial charge in [0.05, 0.1) is 6.61 Å². The van der Waals surface area contributed by atoms with E-state index in [4.69, 9.17) is 4.74 Å². The van der Waals surface area contributed by atoms with Gasteiger partial charge in [0.1, 0.15) is 6.17 Å². The zero-order chi connectivity index (χ0) is 8.81. The van der Waals surface area contributed by atoms with Gasteiger partial charge in [-0.1, -0.05) is 0 Å². The molecule has 0 aromatic rings. The second-order valence-corrected chi connectivity index (χ2v) is 3.28. The van der Waals surface area contributed by atoms with E-state index in [2.05, 4.69) is 5.32 Å². The molecule has 1 rings (SSSR count). The summed E-state index contributed by atoms with van der Waals surface area (Å²) in [7, 11) is 0. The SMILES string of the molecule is CCOCC(F)C1CCCNC1. The van der Waals surface area contributed by atoms with E-state index in [1.54, 1.807) is 0 Å². The molecule has 1 N–H and O–H groups in total. The molecule has 2 unspecified atom stereocenters. The summed E-state index contributed by atoms with van der Waals surface area (Å²) in [6.07, 6.45) is 1.32. The Balaban J connectivity index is 2.15. The Bertz CT molecular complexity index is 115. The first-order valence-corrected chi connectivity index (χ1v) is 4.77. The van der Waals surface area contributed by atoms with Crippen LogP contribution in [-0.4, -0.2) is 32.5 Å². The second-order valence-electron chi connectivity index (χ2n) is 3.28. The van der Waals surface area contributed by atoms with Gasteiger partial charge in [0.25, 0.3) is 0 Å². The van der Waals surface area contributed by atoms with E-state index in [0.717, 1.165) is 25.9 Å². The first-order valence-electron chi connectivity index (χ1n) is 4.77. The minimum absolute atomic E-state index is 0.172. The molecule has 0 aromatic heterocycles. The molecule has 1 saturated heterocycles. The number of hydrogen-bond acceptors (Lipinski definition) is 2. The summed E-state index contributed by atoms with van der Waals surface area (Å²) in [6, 6.07) is 0. The summed E-state index contributed by atoms with van der Waals surface area (Å²) in [4.78, 5) is 0. The molecule has 1 aliphatic rings. The topological polar surface area (TPSA) is 21.3 Å². The predicted molar refractivity (Wildman–Crippen MR) is 47.0 cm³/mol. The van der Waals surface area contributed by atoms with Crippen molar-refractivity contribution in [2.45, 2.75) is 25.9 Å². The lowest BCUT2D eigenvalue weighted by atomic mass is 9.95. The maximum absolute atomic E-state index is 13.3. The molecule has 72 valence electrons. The molecule has 0 spiro atoms. The monoisotopic (exact) mass is 175 g/mol. The van der Waals surface area contributed by atoms with Crippen LogP contribution in [0.2, 0.25) is 0 Å². The summed E-state index contributed by atoms with van der Waals surface area (Å²) >= 11 is 0. The van der Waals surface area contributed by atoms with Gasteiger partial charge < -0.3 is 10.1 Å². The minimum Gasteiger partial charge on any atom is -0.379 e. The molecule has 0 saturated carbocycles. The molecule has 0 aromatic carbocycles. The number of halogens is 1. The van der Waals surface area contributed by atoms with E-state index < -0.39 is 6.17 Å². The van der Waals surface area contributed by atoms with Crippen LogP contribution in [-0.2, 0) is 4.74 Å². The molecule has 1 heterocycles. The van der Waals surface area contributed by atoms with Gasteiger partial charge in [-0.05, 0) is 26.3 Å². The molecule has 3 heteroatoms. The van der Waals surface area contributed by atoms with Crippen molar-refractivity contribution in [1.29, 1.82) is 0 Å². The normalized spacial score (nSPS) is 27.0. The van der Waals surface area contributed by atoms with Gasteiger partial charge in [0.2, 0.25) is 0 Å². The fourth-order valence-corrected chi connectivity index (χ4v) is 1.55. The van der Waals surface area contributed by atoms with Gasteiger partial charge in [-0.25, -0.2) is 4.39 Å². The van der Waals surface area contributed by atoms with Crippen molar-refractivity contribution in [3.05, 3.63) is 0 Å². The van der Waals surface area contributed by atoms with Crippen molar-refractivity contribution >= 4 is 0 Å². The molecule has 0 radical (unpaired) electrons. The Morgan fingerprint density at radius 1 is 1.67 bits per heavy atom. The molecular weight excluding hydrogens is 157 g/mol. The van der Waals surface area contributed by atoms with E-state index in [1.165, 1.54) is 0 Å². The predicted octanol–water partition coefficient (Wildman–Crippen LogP) is 1.36. The molecule has 0 bridgehead atoms. The largest absolute Gasteiger partial charge is 0.379 e. The molecule has 0 aliphatic carbocycles. The van der Waals surface area contributed by atoms with Crippen molar-refractivity contribution in [3.8, 4) is 0 Å². The summed E-state index contributed by atoms with van der Waals surface area (Å²) < 4.78 is 18.4. The fraction of sp³-hybridized carbons (Fsp3) is 1.00. The van der Waals surface area contributed by atoms with Crippen molar-refractivity contribution < 1.29 is 9.13 Å². The number of ether oxygens (including phenoxy) is 1.